The van der Waals surface area contributed by atoms with Gasteiger partial charge in [-0.1, -0.05) is 0 Å². The van der Waals surface area contributed by atoms with Gasteiger partial charge in [0, 0.05) is 19.2 Å². The lowest BCUT2D eigenvalue weighted by molar-refractivity contribution is -0.387. The Morgan fingerprint density at radius 3 is 2.71 bits per heavy atom. The van der Waals surface area contributed by atoms with Crippen LogP contribution in [-0.2, 0) is 14.8 Å². The summed E-state index contributed by atoms with van der Waals surface area (Å²) in [5.74, 6) is -1.05. The molecule has 9 heteroatoms. The standard InChI is InChI=1S/C12H15FN2O5S/c1-8-5-10(13)11(15(16)17)6-12(8)21(18,19)14-3-4-20-9(2)7-14/h5-6,9H,3-4,7H2,1-2H3. The van der Waals surface area contributed by atoms with Crippen LogP contribution in [0.15, 0.2) is 17.0 Å². The highest BCUT2D eigenvalue weighted by Crippen LogP contribution is 2.28. The summed E-state index contributed by atoms with van der Waals surface area (Å²) < 4.78 is 45.1. The summed E-state index contributed by atoms with van der Waals surface area (Å²) in [5.41, 5.74) is -0.710. The van der Waals surface area contributed by atoms with Crippen molar-refractivity contribution in [2.24, 2.45) is 0 Å². The zero-order chi connectivity index (χ0) is 15.8. The van der Waals surface area contributed by atoms with E-state index in [9.17, 15) is 22.9 Å². The van der Waals surface area contributed by atoms with Crippen molar-refractivity contribution in [3.8, 4) is 0 Å². The van der Waals surface area contributed by atoms with Crippen LogP contribution in [0.25, 0.3) is 0 Å². The van der Waals surface area contributed by atoms with E-state index in [-0.39, 0.29) is 36.3 Å². The van der Waals surface area contributed by atoms with Gasteiger partial charge in [-0.3, -0.25) is 10.1 Å². The Kier molecular flexibility index (Phi) is 4.26. The molecule has 1 aromatic carbocycles. The van der Waals surface area contributed by atoms with Gasteiger partial charge in [-0.2, -0.15) is 8.70 Å². The maximum Gasteiger partial charge on any atom is 0.306 e. The van der Waals surface area contributed by atoms with E-state index < -0.39 is 26.5 Å². The van der Waals surface area contributed by atoms with Crippen molar-refractivity contribution in [1.82, 2.24) is 4.31 Å². The average molecular weight is 318 g/mol. The Balaban J connectivity index is 2.49. The van der Waals surface area contributed by atoms with E-state index in [1.54, 1.807) is 6.92 Å². The molecule has 0 radical (unpaired) electrons. The molecule has 1 heterocycles. The van der Waals surface area contributed by atoms with Gasteiger partial charge in [0.1, 0.15) is 0 Å². The monoisotopic (exact) mass is 318 g/mol. The van der Waals surface area contributed by atoms with E-state index >= 15 is 0 Å². The number of sulfonamides is 1. The third-order valence-electron chi connectivity index (χ3n) is 3.26. The van der Waals surface area contributed by atoms with Gasteiger partial charge >= 0.3 is 5.69 Å². The smallest absolute Gasteiger partial charge is 0.306 e. The molecule has 0 aromatic heterocycles. The topological polar surface area (TPSA) is 89.8 Å². The second-order valence-corrected chi connectivity index (χ2v) is 6.78. The first kappa shape index (κ1) is 15.8. The number of nitro groups is 1. The van der Waals surface area contributed by atoms with Gasteiger partial charge in [0.25, 0.3) is 0 Å². The predicted molar refractivity (Wildman–Crippen MR) is 72.0 cm³/mol. The first-order valence-electron chi connectivity index (χ1n) is 6.29. The molecule has 1 unspecified atom stereocenters. The van der Waals surface area contributed by atoms with E-state index in [0.29, 0.717) is 0 Å². The quantitative estimate of drug-likeness (QED) is 0.621. The van der Waals surface area contributed by atoms with Gasteiger partial charge in [-0.15, -0.1) is 0 Å². The molecular formula is C12H15FN2O5S. The number of ether oxygens (including phenoxy) is 1. The van der Waals surface area contributed by atoms with E-state index in [2.05, 4.69) is 0 Å². The molecule has 0 aliphatic carbocycles. The van der Waals surface area contributed by atoms with Crippen molar-refractivity contribution >= 4 is 15.7 Å². The number of morpholine rings is 1. The molecule has 1 aliphatic heterocycles. The summed E-state index contributed by atoms with van der Waals surface area (Å²) in [7, 11) is -3.92. The summed E-state index contributed by atoms with van der Waals surface area (Å²) >= 11 is 0. The number of nitro benzene ring substituents is 1. The fraction of sp³-hybridized carbons (Fsp3) is 0.500. The Hall–Kier alpha value is -1.58. The highest BCUT2D eigenvalue weighted by atomic mass is 32.2. The third-order valence-corrected chi connectivity index (χ3v) is 5.27. The maximum atomic E-state index is 13.5. The number of nitrogens with zero attached hydrogens (tertiary/aromatic N) is 2. The molecule has 1 aromatic rings. The van der Waals surface area contributed by atoms with Gasteiger partial charge in [-0.25, -0.2) is 8.42 Å². The molecule has 0 bridgehead atoms. The van der Waals surface area contributed by atoms with Crippen LogP contribution in [0.1, 0.15) is 12.5 Å². The van der Waals surface area contributed by atoms with Crippen LogP contribution in [0, 0.1) is 22.9 Å². The minimum absolute atomic E-state index is 0.136. The lowest BCUT2D eigenvalue weighted by Gasteiger charge is -2.30. The molecule has 1 atom stereocenters. The molecule has 21 heavy (non-hydrogen) atoms. The number of hydrogen-bond donors (Lipinski definition) is 0. The maximum absolute atomic E-state index is 13.5. The van der Waals surface area contributed by atoms with E-state index in [0.717, 1.165) is 12.1 Å². The molecule has 116 valence electrons. The minimum atomic E-state index is -3.92. The zero-order valence-corrected chi connectivity index (χ0v) is 12.4. The first-order valence-corrected chi connectivity index (χ1v) is 7.73. The van der Waals surface area contributed by atoms with Gasteiger partial charge in [0.2, 0.25) is 15.8 Å². The molecular weight excluding hydrogens is 303 g/mol. The number of benzene rings is 1. The first-order chi connectivity index (χ1) is 9.73. The average Bonchev–Trinajstić information content (AvgIpc) is 2.37. The molecule has 1 fully saturated rings. The molecule has 0 N–H and O–H groups in total. The van der Waals surface area contributed by atoms with Crippen molar-refractivity contribution in [3.05, 3.63) is 33.6 Å². The summed E-state index contributed by atoms with van der Waals surface area (Å²) in [6, 6.07) is 1.65. The van der Waals surface area contributed by atoms with Crippen LogP contribution >= 0.6 is 0 Å². The predicted octanol–water partition coefficient (Wildman–Crippen LogP) is 1.45. The SMILES string of the molecule is Cc1cc(F)c([N+](=O)[O-])cc1S(=O)(=O)N1CCOC(C)C1. The van der Waals surface area contributed by atoms with Gasteiger partial charge in [-0.05, 0) is 25.5 Å². The Bertz CT molecular complexity index is 676. The molecule has 0 amide bonds. The van der Waals surface area contributed by atoms with Crippen LogP contribution < -0.4 is 0 Å². The van der Waals surface area contributed by atoms with Gasteiger partial charge in [0.15, 0.2) is 0 Å². The summed E-state index contributed by atoms with van der Waals surface area (Å²) in [6.45, 7) is 3.72. The molecule has 2 rings (SSSR count). The second kappa shape index (κ2) is 5.66. The lowest BCUT2D eigenvalue weighted by atomic mass is 10.2. The number of hydrogen-bond acceptors (Lipinski definition) is 5. The highest BCUT2D eigenvalue weighted by molar-refractivity contribution is 7.89. The molecule has 0 saturated carbocycles. The van der Waals surface area contributed by atoms with Crippen molar-refractivity contribution in [3.63, 3.8) is 0 Å². The largest absolute Gasteiger partial charge is 0.376 e. The molecule has 1 saturated heterocycles. The minimum Gasteiger partial charge on any atom is -0.376 e. The second-order valence-electron chi connectivity index (χ2n) is 4.87. The Labute approximate surface area is 121 Å². The van der Waals surface area contributed by atoms with Gasteiger partial charge < -0.3 is 4.74 Å². The lowest BCUT2D eigenvalue weighted by Crippen LogP contribution is -2.44. The molecule has 0 spiro atoms. The van der Waals surface area contributed by atoms with Crippen LogP contribution in [-0.4, -0.2) is 43.4 Å². The Morgan fingerprint density at radius 2 is 2.14 bits per heavy atom. The summed E-state index contributed by atoms with van der Waals surface area (Å²) in [6.07, 6.45) is -0.260. The third kappa shape index (κ3) is 3.04. The fourth-order valence-corrected chi connectivity index (χ4v) is 3.93. The summed E-state index contributed by atoms with van der Waals surface area (Å²) in [4.78, 5) is 9.60. The Morgan fingerprint density at radius 1 is 1.48 bits per heavy atom. The van der Waals surface area contributed by atoms with Crippen molar-refractivity contribution in [1.29, 1.82) is 0 Å². The van der Waals surface area contributed by atoms with Crippen molar-refractivity contribution in [2.75, 3.05) is 19.7 Å². The summed E-state index contributed by atoms with van der Waals surface area (Å²) in [5, 5.41) is 10.8. The highest BCUT2D eigenvalue weighted by Gasteiger charge is 2.32. The number of rotatable bonds is 3. The van der Waals surface area contributed by atoms with E-state index in [4.69, 9.17) is 4.74 Å². The zero-order valence-electron chi connectivity index (χ0n) is 11.6. The fourth-order valence-electron chi connectivity index (χ4n) is 2.20. The normalized spacial score (nSPS) is 20.4. The van der Waals surface area contributed by atoms with Crippen molar-refractivity contribution in [2.45, 2.75) is 24.8 Å². The van der Waals surface area contributed by atoms with Crippen LogP contribution in [0.3, 0.4) is 0 Å². The van der Waals surface area contributed by atoms with Crippen LogP contribution in [0.4, 0.5) is 10.1 Å². The van der Waals surface area contributed by atoms with Crippen LogP contribution in [0.5, 0.6) is 0 Å². The molecule has 1 aliphatic rings. The van der Waals surface area contributed by atoms with E-state index in [1.165, 1.54) is 11.2 Å². The number of aryl methyl sites for hydroxylation is 1. The molecule has 7 nitrogen and oxygen atoms in total. The van der Waals surface area contributed by atoms with Crippen molar-refractivity contribution < 1.29 is 22.5 Å². The van der Waals surface area contributed by atoms with Gasteiger partial charge in [0.05, 0.1) is 22.5 Å². The number of halogens is 1. The van der Waals surface area contributed by atoms with E-state index in [1.807, 2.05) is 0 Å². The van der Waals surface area contributed by atoms with Crippen LogP contribution in [0.2, 0.25) is 0 Å².